The number of benzene rings is 2. The largest absolute Gasteiger partial charge is 0.365 e. The zero-order valence-corrected chi connectivity index (χ0v) is 13.9. The van der Waals surface area contributed by atoms with Crippen molar-refractivity contribution >= 4 is 5.78 Å². The molecule has 132 valence electrons. The molecule has 2 unspecified atom stereocenters. The van der Waals surface area contributed by atoms with Crippen molar-refractivity contribution in [3.63, 3.8) is 0 Å². The van der Waals surface area contributed by atoms with Gasteiger partial charge >= 0.3 is 0 Å². The van der Waals surface area contributed by atoms with E-state index in [9.17, 15) is 18.0 Å². The van der Waals surface area contributed by atoms with Crippen molar-refractivity contribution in [1.82, 2.24) is 0 Å². The van der Waals surface area contributed by atoms with Gasteiger partial charge in [-0.2, -0.15) is 0 Å². The predicted octanol–water partition coefficient (Wildman–Crippen LogP) is 4.87. The standard InChI is InChI=1S/C20H19F3O2/c1-2-3-12-4-6-13(7-5-12)15-10-18(24)20(25-11-15)14-8-16(21)19(23)17(22)9-14/h4-9,15,20H,2-3,10-11H2,1H3. The highest BCUT2D eigenvalue weighted by molar-refractivity contribution is 5.85. The third kappa shape index (κ3) is 3.76. The molecule has 0 saturated carbocycles. The summed E-state index contributed by atoms with van der Waals surface area (Å²) < 4.78 is 45.4. The van der Waals surface area contributed by atoms with Crippen LogP contribution in [0.2, 0.25) is 0 Å². The highest BCUT2D eigenvalue weighted by Gasteiger charge is 2.32. The maximum absolute atomic E-state index is 13.4. The molecule has 0 amide bonds. The van der Waals surface area contributed by atoms with Crippen LogP contribution in [0.1, 0.15) is 48.5 Å². The Labute approximate surface area is 144 Å². The first-order chi connectivity index (χ1) is 12.0. The number of ether oxygens (including phenoxy) is 1. The summed E-state index contributed by atoms with van der Waals surface area (Å²) in [6.07, 6.45) is 1.24. The minimum atomic E-state index is -1.54. The topological polar surface area (TPSA) is 26.3 Å². The number of carbonyl (C=O) groups excluding carboxylic acids is 1. The van der Waals surface area contributed by atoms with Gasteiger partial charge in [0.15, 0.2) is 23.2 Å². The van der Waals surface area contributed by atoms with Crippen molar-refractivity contribution in [2.24, 2.45) is 0 Å². The van der Waals surface area contributed by atoms with Crippen molar-refractivity contribution < 1.29 is 22.7 Å². The quantitative estimate of drug-likeness (QED) is 0.737. The number of hydrogen-bond acceptors (Lipinski definition) is 2. The zero-order valence-electron chi connectivity index (χ0n) is 13.9. The minimum Gasteiger partial charge on any atom is -0.365 e. The molecule has 1 saturated heterocycles. The second-order valence-corrected chi connectivity index (χ2v) is 6.37. The molecule has 0 radical (unpaired) electrons. The molecule has 0 bridgehead atoms. The van der Waals surface area contributed by atoms with Crippen molar-refractivity contribution in [3.8, 4) is 0 Å². The second-order valence-electron chi connectivity index (χ2n) is 6.37. The number of aryl methyl sites for hydroxylation is 1. The molecule has 1 heterocycles. The summed E-state index contributed by atoms with van der Waals surface area (Å²) in [5, 5.41) is 0. The molecule has 1 aliphatic rings. The number of carbonyl (C=O) groups is 1. The molecule has 0 aromatic heterocycles. The lowest BCUT2D eigenvalue weighted by Gasteiger charge is -2.28. The van der Waals surface area contributed by atoms with E-state index in [2.05, 4.69) is 6.92 Å². The summed E-state index contributed by atoms with van der Waals surface area (Å²) in [7, 11) is 0. The number of ketones is 1. The molecular formula is C20H19F3O2. The van der Waals surface area contributed by atoms with E-state index in [1.807, 2.05) is 24.3 Å². The summed E-state index contributed by atoms with van der Waals surface area (Å²) in [6.45, 7) is 2.38. The average molecular weight is 348 g/mol. The first kappa shape index (κ1) is 17.7. The van der Waals surface area contributed by atoms with Gasteiger partial charge in [0.2, 0.25) is 0 Å². The molecule has 3 rings (SSSR count). The summed E-state index contributed by atoms with van der Waals surface area (Å²) in [5.74, 6) is -4.54. The van der Waals surface area contributed by atoms with Crippen molar-refractivity contribution in [3.05, 3.63) is 70.5 Å². The molecule has 2 atom stereocenters. The molecule has 25 heavy (non-hydrogen) atoms. The number of hydrogen-bond donors (Lipinski definition) is 0. The van der Waals surface area contributed by atoms with Crippen LogP contribution in [0, 0.1) is 17.5 Å². The van der Waals surface area contributed by atoms with E-state index >= 15 is 0 Å². The Hall–Kier alpha value is -2.14. The molecule has 1 aliphatic heterocycles. The van der Waals surface area contributed by atoms with Gasteiger partial charge in [-0.3, -0.25) is 4.79 Å². The minimum absolute atomic E-state index is 0.0122. The summed E-state index contributed by atoms with van der Waals surface area (Å²) in [4.78, 5) is 12.4. The van der Waals surface area contributed by atoms with Crippen LogP contribution < -0.4 is 0 Å². The lowest BCUT2D eigenvalue weighted by molar-refractivity contribution is -0.137. The normalized spacial score (nSPS) is 20.7. The highest BCUT2D eigenvalue weighted by Crippen LogP contribution is 2.34. The van der Waals surface area contributed by atoms with E-state index in [1.54, 1.807) is 0 Å². The Kier molecular flexibility index (Phi) is 5.23. The van der Waals surface area contributed by atoms with Crippen LogP contribution in [0.4, 0.5) is 13.2 Å². The Morgan fingerprint density at radius 1 is 1.04 bits per heavy atom. The van der Waals surface area contributed by atoms with E-state index in [1.165, 1.54) is 5.56 Å². The van der Waals surface area contributed by atoms with Gasteiger partial charge in [0.1, 0.15) is 6.10 Å². The fourth-order valence-corrected chi connectivity index (χ4v) is 3.18. The fraction of sp³-hybridized carbons (Fsp3) is 0.350. The molecule has 0 N–H and O–H groups in total. The smallest absolute Gasteiger partial charge is 0.194 e. The fourth-order valence-electron chi connectivity index (χ4n) is 3.18. The number of halogens is 3. The first-order valence-electron chi connectivity index (χ1n) is 8.37. The maximum Gasteiger partial charge on any atom is 0.194 e. The Morgan fingerprint density at radius 2 is 1.68 bits per heavy atom. The van der Waals surface area contributed by atoms with Crippen molar-refractivity contribution in [2.75, 3.05) is 6.61 Å². The van der Waals surface area contributed by atoms with Crippen LogP contribution in [0.25, 0.3) is 0 Å². The predicted molar refractivity (Wildman–Crippen MR) is 87.8 cm³/mol. The monoisotopic (exact) mass is 348 g/mol. The Balaban J connectivity index is 1.73. The molecule has 1 fully saturated rings. The van der Waals surface area contributed by atoms with Gasteiger partial charge in [0.05, 0.1) is 6.61 Å². The van der Waals surface area contributed by atoms with Crippen LogP contribution in [0.15, 0.2) is 36.4 Å². The van der Waals surface area contributed by atoms with E-state index in [0.29, 0.717) is 0 Å². The van der Waals surface area contributed by atoms with Gasteiger partial charge < -0.3 is 4.74 Å². The lowest BCUT2D eigenvalue weighted by atomic mass is 9.88. The molecule has 2 nitrogen and oxygen atoms in total. The van der Waals surface area contributed by atoms with Gasteiger partial charge in [-0.25, -0.2) is 13.2 Å². The molecule has 5 heteroatoms. The molecule has 0 spiro atoms. The van der Waals surface area contributed by atoms with Crippen LogP contribution in [-0.2, 0) is 16.0 Å². The van der Waals surface area contributed by atoms with Gasteiger partial charge in [0.25, 0.3) is 0 Å². The summed E-state index contributed by atoms with van der Waals surface area (Å²) in [6, 6.07) is 9.70. The van der Waals surface area contributed by atoms with Crippen molar-refractivity contribution in [1.29, 1.82) is 0 Å². The van der Waals surface area contributed by atoms with Gasteiger partial charge in [0, 0.05) is 12.3 Å². The van der Waals surface area contributed by atoms with Gasteiger partial charge in [-0.05, 0) is 35.2 Å². The summed E-state index contributed by atoms with van der Waals surface area (Å²) in [5.41, 5.74) is 2.26. The van der Waals surface area contributed by atoms with Crippen LogP contribution in [0.3, 0.4) is 0 Å². The highest BCUT2D eigenvalue weighted by atomic mass is 19.2. The lowest BCUT2D eigenvalue weighted by Crippen LogP contribution is -2.28. The van der Waals surface area contributed by atoms with E-state index in [0.717, 1.165) is 30.5 Å². The average Bonchev–Trinajstić information content (AvgIpc) is 2.60. The first-order valence-corrected chi connectivity index (χ1v) is 8.37. The molecular weight excluding hydrogens is 329 g/mol. The molecule has 2 aromatic carbocycles. The Bertz CT molecular complexity index is 748. The van der Waals surface area contributed by atoms with Gasteiger partial charge in [-0.15, -0.1) is 0 Å². The van der Waals surface area contributed by atoms with E-state index in [4.69, 9.17) is 4.74 Å². The Morgan fingerprint density at radius 3 is 2.24 bits per heavy atom. The van der Waals surface area contributed by atoms with Crippen molar-refractivity contribution in [2.45, 2.75) is 38.2 Å². The molecule has 2 aromatic rings. The van der Waals surface area contributed by atoms with E-state index < -0.39 is 23.6 Å². The SMILES string of the molecule is CCCc1ccc(C2COC(c3cc(F)c(F)c(F)c3)C(=O)C2)cc1. The third-order valence-electron chi connectivity index (χ3n) is 4.50. The van der Waals surface area contributed by atoms with Crippen LogP contribution >= 0.6 is 0 Å². The van der Waals surface area contributed by atoms with Gasteiger partial charge in [-0.1, -0.05) is 37.6 Å². The van der Waals surface area contributed by atoms with E-state index in [-0.39, 0.29) is 30.3 Å². The van der Waals surface area contributed by atoms with Crippen LogP contribution in [0.5, 0.6) is 0 Å². The number of rotatable bonds is 4. The second kappa shape index (κ2) is 7.40. The zero-order chi connectivity index (χ0) is 18.0. The maximum atomic E-state index is 13.4. The summed E-state index contributed by atoms with van der Waals surface area (Å²) >= 11 is 0. The third-order valence-corrected chi connectivity index (χ3v) is 4.50. The van der Waals surface area contributed by atoms with Crippen LogP contribution in [-0.4, -0.2) is 12.4 Å². The molecule has 0 aliphatic carbocycles. The number of Topliss-reactive ketones (excluding diaryl/α,β-unsaturated/α-hetero) is 1.